The number of hydrogen-bond acceptors (Lipinski definition) is 10. The molecule has 0 atom stereocenters. The standard InChI is InChI=1S/C32H15N6O4.C8H6N3.Ir/c39-27-21-8-1-2-9-22(21)28(40)37(27)31-34-26(20-13-5-12-19-18(20)15-14-17-7-6-16-33-25(17)19)35-32(36-31)38-29(41)23-10-3-4-11-24(23)30(38)42;1-2-4-9-7(3-1)8-10-5-6-11-8;/h1-11,13-16H;1-6H;/q2*-1;. The average molecular weight is 884 g/mol. The Balaban J connectivity index is 0.000000296. The Labute approximate surface area is 319 Å². The number of hydrogen-bond donors (Lipinski definition) is 0. The van der Waals surface area contributed by atoms with Crippen molar-refractivity contribution in [2.75, 3.05) is 9.80 Å². The first-order valence-corrected chi connectivity index (χ1v) is 16.2. The quantitative estimate of drug-likeness (QED) is 0.120. The monoisotopic (exact) mass is 884 g/mol. The van der Waals surface area contributed by atoms with Crippen LogP contribution in [0, 0.1) is 6.07 Å². The van der Waals surface area contributed by atoms with E-state index in [0.29, 0.717) is 27.7 Å². The van der Waals surface area contributed by atoms with Gasteiger partial charge in [-0.2, -0.15) is 15.0 Å². The molecule has 6 heterocycles. The van der Waals surface area contributed by atoms with Gasteiger partial charge in [-0.25, -0.2) is 9.80 Å². The number of carbonyl (C=O) groups excluding carboxylic acids is 4. The van der Waals surface area contributed by atoms with E-state index in [1.165, 1.54) is 0 Å². The Kier molecular flexibility index (Phi) is 8.66. The number of fused-ring (bicyclic) bond motifs is 5. The van der Waals surface area contributed by atoms with Crippen molar-refractivity contribution in [3.63, 3.8) is 0 Å². The number of anilines is 2. The fraction of sp³-hybridized carbons (Fsp3) is 0. The summed E-state index contributed by atoms with van der Waals surface area (Å²) in [4.78, 5) is 85.3. The molecule has 261 valence electrons. The Hall–Kier alpha value is -7.15. The number of rotatable bonds is 4. The van der Waals surface area contributed by atoms with Gasteiger partial charge in [-0.3, -0.25) is 24.2 Å². The van der Waals surface area contributed by atoms with Crippen LogP contribution in [0.3, 0.4) is 0 Å². The predicted molar refractivity (Wildman–Crippen MR) is 193 cm³/mol. The van der Waals surface area contributed by atoms with E-state index in [9.17, 15) is 19.2 Å². The Morgan fingerprint density at radius 2 is 1.13 bits per heavy atom. The molecule has 13 nitrogen and oxygen atoms in total. The molecule has 0 bridgehead atoms. The molecule has 4 aromatic heterocycles. The summed E-state index contributed by atoms with van der Waals surface area (Å²) in [7, 11) is 0. The summed E-state index contributed by atoms with van der Waals surface area (Å²) in [6.45, 7) is 0. The molecule has 4 amide bonds. The average Bonchev–Trinajstić information content (AvgIpc) is 3.91. The van der Waals surface area contributed by atoms with Crippen molar-refractivity contribution >= 4 is 57.2 Å². The van der Waals surface area contributed by atoms with E-state index in [1.807, 2.05) is 42.5 Å². The van der Waals surface area contributed by atoms with Crippen molar-refractivity contribution < 1.29 is 39.3 Å². The van der Waals surface area contributed by atoms with Crippen molar-refractivity contribution in [1.82, 2.24) is 34.9 Å². The Morgan fingerprint density at radius 3 is 1.69 bits per heavy atom. The molecule has 0 saturated carbocycles. The van der Waals surface area contributed by atoms with Gasteiger partial charge in [0.05, 0.1) is 27.9 Å². The molecular formula is C40H21IrN9O4-2. The summed E-state index contributed by atoms with van der Waals surface area (Å²) in [6.07, 6.45) is 6.73. The summed E-state index contributed by atoms with van der Waals surface area (Å²) >= 11 is 0. The van der Waals surface area contributed by atoms with Gasteiger partial charge in [0.15, 0.2) is 0 Å². The van der Waals surface area contributed by atoms with Crippen LogP contribution in [-0.2, 0) is 20.1 Å². The molecule has 1 radical (unpaired) electrons. The normalized spacial score (nSPS) is 13.1. The number of amides is 4. The third kappa shape index (κ3) is 5.62. The molecule has 54 heavy (non-hydrogen) atoms. The van der Waals surface area contributed by atoms with Crippen molar-refractivity contribution in [1.29, 1.82) is 0 Å². The minimum absolute atomic E-state index is 0. The van der Waals surface area contributed by atoms with Gasteiger partial charge in [0, 0.05) is 32.5 Å². The summed E-state index contributed by atoms with van der Waals surface area (Å²) in [5.41, 5.74) is 2.83. The smallest absolute Gasteiger partial charge is 0.268 e. The fourth-order valence-electron chi connectivity index (χ4n) is 6.29. The number of pyridine rings is 2. The fourth-order valence-corrected chi connectivity index (χ4v) is 6.29. The third-order valence-electron chi connectivity index (χ3n) is 8.74. The predicted octanol–water partition coefficient (Wildman–Crippen LogP) is 5.74. The molecule has 2 aliphatic rings. The number of aromatic nitrogens is 7. The van der Waals surface area contributed by atoms with Crippen LogP contribution in [-0.4, -0.2) is 53.5 Å². The topological polar surface area (TPSA) is 166 Å². The van der Waals surface area contributed by atoms with Gasteiger partial charge in [-0.05, 0) is 59.2 Å². The van der Waals surface area contributed by atoms with Crippen molar-refractivity contribution in [2.24, 2.45) is 0 Å². The van der Waals surface area contributed by atoms with Crippen LogP contribution >= 0.6 is 0 Å². The van der Waals surface area contributed by atoms with Crippen LogP contribution in [0.5, 0.6) is 0 Å². The van der Waals surface area contributed by atoms with E-state index >= 15 is 0 Å². The zero-order valence-electron chi connectivity index (χ0n) is 27.6. The molecule has 10 rings (SSSR count). The van der Waals surface area contributed by atoms with Crippen molar-refractivity contribution in [2.45, 2.75) is 0 Å². The van der Waals surface area contributed by atoms with E-state index in [2.05, 4.69) is 41.0 Å². The Bertz CT molecular complexity index is 2630. The number of benzene rings is 4. The molecule has 0 saturated heterocycles. The molecule has 8 aromatic rings. The van der Waals surface area contributed by atoms with Crippen LogP contribution in [0.1, 0.15) is 41.4 Å². The van der Waals surface area contributed by atoms with Crippen LogP contribution in [0.4, 0.5) is 11.9 Å². The van der Waals surface area contributed by atoms with Crippen LogP contribution in [0.2, 0.25) is 0 Å². The second kappa shape index (κ2) is 13.8. The van der Waals surface area contributed by atoms with Gasteiger partial charge < -0.3 is 15.0 Å². The minimum atomic E-state index is -0.623. The van der Waals surface area contributed by atoms with E-state index in [1.54, 1.807) is 85.5 Å². The van der Waals surface area contributed by atoms with E-state index in [4.69, 9.17) is 0 Å². The second-order valence-corrected chi connectivity index (χ2v) is 11.8. The number of nitrogens with zero attached hydrogens (tertiary/aromatic N) is 9. The van der Waals surface area contributed by atoms with Gasteiger partial charge in [-0.1, -0.05) is 71.9 Å². The van der Waals surface area contributed by atoms with Gasteiger partial charge >= 0.3 is 0 Å². The second-order valence-electron chi connectivity index (χ2n) is 11.8. The molecular weight excluding hydrogens is 863 g/mol. The van der Waals surface area contributed by atoms with Crippen LogP contribution < -0.4 is 14.8 Å². The minimum Gasteiger partial charge on any atom is -0.441 e. The van der Waals surface area contributed by atoms with E-state index in [0.717, 1.165) is 20.9 Å². The van der Waals surface area contributed by atoms with Gasteiger partial charge in [-0.15, -0.1) is 23.6 Å². The zero-order valence-corrected chi connectivity index (χ0v) is 30.0. The van der Waals surface area contributed by atoms with E-state index < -0.39 is 23.6 Å². The first-order chi connectivity index (χ1) is 26.0. The number of imidazole rings is 1. The molecule has 14 heteroatoms. The SMILES string of the molecule is O=C1c2ccccc2C(=O)N1c1nc(-c2cc[c-]c3c2ccc2cccnc23)nc(N2C(=O)c3ccccc3C2=O)n1.[Ir].c1ccc(-c2ncc[n-]2)nc1. The summed E-state index contributed by atoms with van der Waals surface area (Å²) in [5.74, 6) is -2.37. The first-order valence-electron chi connectivity index (χ1n) is 16.2. The molecule has 2 aliphatic heterocycles. The molecule has 0 fully saturated rings. The summed E-state index contributed by atoms with van der Waals surface area (Å²) < 4.78 is 0. The van der Waals surface area contributed by atoms with E-state index in [-0.39, 0.29) is 60.1 Å². The number of carbonyl (C=O) groups is 4. The largest absolute Gasteiger partial charge is 0.441 e. The van der Waals surface area contributed by atoms with Crippen LogP contribution in [0.15, 0.2) is 128 Å². The van der Waals surface area contributed by atoms with Crippen molar-refractivity contribution in [3.8, 4) is 22.9 Å². The first kappa shape index (κ1) is 34.0. The molecule has 4 aromatic carbocycles. The maximum absolute atomic E-state index is 13.4. The molecule has 0 spiro atoms. The van der Waals surface area contributed by atoms with Crippen molar-refractivity contribution in [3.05, 3.63) is 156 Å². The third-order valence-corrected chi connectivity index (χ3v) is 8.74. The summed E-state index contributed by atoms with van der Waals surface area (Å²) in [5, 5.41) is 2.31. The maximum Gasteiger partial charge on any atom is 0.268 e. The van der Waals surface area contributed by atoms with Gasteiger partial charge in [0.2, 0.25) is 11.9 Å². The molecule has 0 aliphatic carbocycles. The Morgan fingerprint density at radius 1 is 0.537 bits per heavy atom. The number of imide groups is 2. The summed E-state index contributed by atoms with van der Waals surface area (Å²) in [6, 6.07) is 32.7. The maximum atomic E-state index is 13.4. The van der Waals surface area contributed by atoms with Crippen LogP contribution in [0.25, 0.3) is 44.6 Å². The molecule has 0 N–H and O–H groups in total. The van der Waals surface area contributed by atoms with Gasteiger partial charge in [0.1, 0.15) is 5.82 Å². The zero-order chi connectivity index (χ0) is 36.1. The van der Waals surface area contributed by atoms with Gasteiger partial charge in [0.25, 0.3) is 23.6 Å². The molecule has 0 unspecified atom stereocenters.